The third kappa shape index (κ3) is 5.17. The Labute approximate surface area is 152 Å². The van der Waals surface area contributed by atoms with Crippen LogP contribution in [0.1, 0.15) is 25.8 Å². The van der Waals surface area contributed by atoms with Gasteiger partial charge in [-0.3, -0.25) is 9.59 Å². The van der Waals surface area contributed by atoms with Gasteiger partial charge in [-0.2, -0.15) is 0 Å². The molecule has 0 radical (unpaired) electrons. The number of nitrogens with one attached hydrogen (secondary N) is 1. The zero-order valence-electron chi connectivity index (χ0n) is 15.0. The SMILES string of the molecule is CC(=O)NC1=NN(C(C)=O)C(C=Cc2ccccc2)(CCN(C)C)S1. The third-order valence-corrected chi connectivity index (χ3v) is 4.90. The van der Waals surface area contributed by atoms with Crippen molar-refractivity contribution in [3.8, 4) is 0 Å². The highest BCUT2D eigenvalue weighted by Crippen LogP contribution is 2.41. The van der Waals surface area contributed by atoms with Gasteiger partial charge in [-0.05, 0) is 32.2 Å². The van der Waals surface area contributed by atoms with E-state index in [0.717, 1.165) is 12.1 Å². The maximum atomic E-state index is 12.2. The van der Waals surface area contributed by atoms with Crippen molar-refractivity contribution < 1.29 is 9.59 Å². The first-order valence-corrected chi connectivity index (χ1v) is 8.89. The molecular formula is C18H24N4O2S. The molecule has 2 rings (SSSR count). The van der Waals surface area contributed by atoms with Gasteiger partial charge in [0.25, 0.3) is 0 Å². The monoisotopic (exact) mass is 360 g/mol. The fraction of sp³-hybridized carbons (Fsp3) is 0.389. The highest BCUT2D eigenvalue weighted by Gasteiger charge is 2.44. The maximum Gasteiger partial charge on any atom is 0.241 e. The molecule has 25 heavy (non-hydrogen) atoms. The lowest BCUT2D eigenvalue weighted by atomic mass is 10.1. The van der Waals surface area contributed by atoms with Crippen molar-refractivity contribution in [3.63, 3.8) is 0 Å². The average Bonchev–Trinajstić information content (AvgIpc) is 2.90. The second-order valence-electron chi connectivity index (χ2n) is 6.16. The zero-order chi connectivity index (χ0) is 18.4. The van der Waals surface area contributed by atoms with Gasteiger partial charge in [0.1, 0.15) is 4.87 Å². The van der Waals surface area contributed by atoms with Gasteiger partial charge in [-0.25, -0.2) is 5.01 Å². The van der Waals surface area contributed by atoms with E-state index in [2.05, 4.69) is 15.3 Å². The Morgan fingerprint density at radius 1 is 1.28 bits per heavy atom. The van der Waals surface area contributed by atoms with Crippen molar-refractivity contribution in [2.24, 2.45) is 5.10 Å². The predicted molar refractivity (Wildman–Crippen MR) is 103 cm³/mol. The van der Waals surface area contributed by atoms with Crippen molar-refractivity contribution in [3.05, 3.63) is 42.0 Å². The van der Waals surface area contributed by atoms with Gasteiger partial charge in [-0.1, -0.05) is 48.2 Å². The topological polar surface area (TPSA) is 65.0 Å². The Balaban J connectivity index is 2.34. The van der Waals surface area contributed by atoms with E-state index in [9.17, 15) is 9.59 Å². The number of amides is 2. The standard InChI is InChI=1S/C18H24N4O2S/c1-14(23)19-17-20-22(15(2)24)18(25-17,12-13-21(3)4)11-10-16-8-6-5-7-9-16/h5-11H,12-13H2,1-4H3,(H,19,20,23). The Kier molecular flexibility index (Phi) is 6.39. The summed E-state index contributed by atoms with van der Waals surface area (Å²) >= 11 is 1.39. The summed E-state index contributed by atoms with van der Waals surface area (Å²) in [5.41, 5.74) is 1.05. The summed E-state index contributed by atoms with van der Waals surface area (Å²) in [7, 11) is 3.98. The van der Waals surface area contributed by atoms with Gasteiger partial charge >= 0.3 is 0 Å². The average molecular weight is 360 g/mol. The van der Waals surface area contributed by atoms with Gasteiger partial charge in [0.15, 0.2) is 5.17 Å². The van der Waals surface area contributed by atoms with E-state index in [1.165, 1.54) is 30.6 Å². The van der Waals surface area contributed by atoms with Crippen LogP contribution in [0.3, 0.4) is 0 Å². The van der Waals surface area contributed by atoms with E-state index < -0.39 is 4.87 Å². The molecule has 0 spiro atoms. The molecule has 0 bridgehead atoms. The number of nitrogens with zero attached hydrogens (tertiary/aromatic N) is 3. The molecule has 1 aliphatic rings. The van der Waals surface area contributed by atoms with Gasteiger partial charge in [0.2, 0.25) is 11.8 Å². The fourth-order valence-corrected chi connectivity index (χ4v) is 3.70. The molecule has 1 heterocycles. The summed E-state index contributed by atoms with van der Waals surface area (Å²) in [6.45, 7) is 3.70. The number of amidine groups is 1. The van der Waals surface area contributed by atoms with E-state index >= 15 is 0 Å². The van der Waals surface area contributed by atoms with Crippen LogP contribution in [0.15, 0.2) is 41.5 Å². The van der Waals surface area contributed by atoms with Crippen LogP contribution in [0.4, 0.5) is 0 Å². The van der Waals surface area contributed by atoms with Gasteiger partial charge in [0, 0.05) is 20.4 Å². The summed E-state index contributed by atoms with van der Waals surface area (Å²) < 4.78 is 0. The summed E-state index contributed by atoms with van der Waals surface area (Å²) in [5, 5.41) is 8.94. The first-order valence-electron chi connectivity index (χ1n) is 8.07. The van der Waals surface area contributed by atoms with E-state index in [0.29, 0.717) is 11.6 Å². The van der Waals surface area contributed by atoms with E-state index in [-0.39, 0.29) is 11.8 Å². The molecule has 0 aromatic heterocycles. The number of hydrazone groups is 1. The highest BCUT2D eigenvalue weighted by atomic mass is 32.2. The number of carbonyl (C=O) groups is 2. The minimum Gasteiger partial charge on any atom is -0.309 e. The summed E-state index contributed by atoms with van der Waals surface area (Å²) in [6, 6.07) is 9.90. The van der Waals surface area contributed by atoms with Gasteiger partial charge in [0.05, 0.1) is 0 Å². The number of carbonyl (C=O) groups excluding carboxylic acids is 2. The Morgan fingerprint density at radius 3 is 2.52 bits per heavy atom. The van der Waals surface area contributed by atoms with Crippen LogP contribution in [0.25, 0.3) is 6.08 Å². The van der Waals surface area contributed by atoms with Crippen LogP contribution < -0.4 is 5.32 Å². The van der Waals surface area contributed by atoms with E-state index in [1.807, 2.05) is 56.6 Å². The minimum absolute atomic E-state index is 0.163. The lowest BCUT2D eigenvalue weighted by Gasteiger charge is -2.32. The van der Waals surface area contributed by atoms with Gasteiger partial charge < -0.3 is 10.2 Å². The molecule has 1 aliphatic heterocycles. The molecule has 7 heteroatoms. The van der Waals surface area contributed by atoms with Crippen LogP contribution in [0.5, 0.6) is 0 Å². The van der Waals surface area contributed by atoms with Gasteiger partial charge in [-0.15, -0.1) is 5.10 Å². The van der Waals surface area contributed by atoms with Crippen molar-refractivity contribution in [1.82, 2.24) is 15.2 Å². The molecule has 134 valence electrons. The minimum atomic E-state index is -0.663. The van der Waals surface area contributed by atoms with Crippen molar-refractivity contribution in [2.75, 3.05) is 20.6 Å². The molecule has 1 aromatic rings. The number of benzene rings is 1. The number of rotatable bonds is 5. The number of hydrogen-bond acceptors (Lipinski definition) is 5. The largest absolute Gasteiger partial charge is 0.309 e. The molecule has 0 saturated heterocycles. The summed E-state index contributed by atoms with van der Waals surface area (Å²) in [5.74, 6) is -0.366. The van der Waals surface area contributed by atoms with Crippen molar-refractivity contribution in [2.45, 2.75) is 25.1 Å². The third-order valence-electron chi connectivity index (χ3n) is 3.66. The zero-order valence-corrected chi connectivity index (χ0v) is 15.8. The Bertz CT molecular complexity index is 688. The Hall–Kier alpha value is -2.12. The molecule has 1 unspecified atom stereocenters. The van der Waals surface area contributed by atoms with Crippen molar-refractivity contribution in [1.29, 1.82) is 0 Å². The second kappa shape index (κ2) is 8.31. The van der Waals surface area contributed by atoms with Crippen LogP contribution in [-0.4, -0.2) is 52.4 Å². The first-order chi connectivity index (χ1) is 11.8. The summed E-state index contributed by atoms with van der Waals surface area (Å²) in [4.78, 5) is 25.0. The maximum absolute atomic E-state index is 12.2. The molecule has 2 amide bonds. The van der Waals surface area contributed by atoms with Crippen molar-refractivity contribution >= 4 is 34.8 Å². The predicted octanol–water partition coefficient (Wildman–Crippen LogP) is 2.35. The molecule has 6 nitrogen and oxygen atoms in total. The molecular weight excluding hydrogens is 336 g/mol. The lowest BCUT2D eigenvalue weighted by molar-refractivity contribution is -0.131. The number of hydrogen-bond donors (Lipinski definition) is 1. The molecule has 0 fully saturated rings. The second-order valence-corrected chi connectivity index (χ2v) is 7.46. The van der Waals surface area contributed by atoms with Crippen LogP contribution >= 0.6 is 11.8 Å². The number of thioether (sulfide) groups is 1. The molecule has 0 aliphatic carbocycles. The summed E-state index contributed by atoms with van der Waals surface area (Å²) in [6.07, 6.45) is 4.67. The normalized spacial score (nSPS) is 20.2. The van der Waals surface area contributed by atoms with E-state index in [4.69, 9.17) is 0 Å². The highest BCUT2D eigenvalue weighted by molar-refractivity contribution is 8.15. The van der Waals surface area contributed by atoms with E-state index in [1.54, 1.807) is 0 Å². The molecule has 1 N–H and O–H groups in total. The Morgan fingerprint density at radius 2 is 1.96 bits per heavy atom. The molecule has 0 saturated carbocycles. The molecule has 1 aromatic carbocycles. The van der Waals surface area contributed by atoms with Crippen LogP contribution in [-0.2, 0) is 9.59 Å². The van der Waals surface area contributed by atoms with Crippen LogP contribution in [0.2, 0.25) is 0 Å². The fourth-order valence-electron chi connectivity index (χ4n) is 2.46. The lowest BCUT2D eigenvalue weighted by Crippen LogP contribution is -2.43. The quantitative estimate of drug-likeness (QED) is 0.875. The smallest absolute Gasteiger partial charge is 0.241 e. The van der Waals surface area contributed by atoms with Crippen LogP contribution in [0, 0.1) is 0 Å². The molecule has 1 atom stereocenters. The first kappa shape index (κ1) is 19.2.